The number of imidazole rings is 1. The Hall–Kier alpha value is -0.890. The van der Waals surface area contributed by atoms with Gasteiger partial charge in [0.25, 0.3) is 0 Å². The number of halogens is 4. The summed E-state index contributed by atoms with van der Waals surface area (Å²) in [6.07, 6.45) is -1.89. The first-order valence-electron chi connectivity index (χ1n) is 5.07. The van der Waals surface area contributed by atoms with E-state index in [-0.39, 0.29) is 6.04 Å². The summed E-state index contributed by atoms with van der Waals surface area (Å²) >= 11 is 4.44. The molecule has 0 aliphatic heterocycles. The third kappa shape index (κ3) is 2.59. The van der Waals surface area contributed by atoms with Crippen LogP contribution < -0.4 is 0 Å². The molecule has 2 aromatic heterocycles. The summed E-state index contributed by atoms with van der Waals surface area (Å²) in [4.78, 5) is 8.24. The van der Waals surface area contributed by atoms with Gasteiger partial charge in [0, 0.05) is 12.2 Å². The van der Waals surface area contributed by atoms with E-state index in [2.05, 4.69) is 25.9 Å². The number of rotatable bonds is 2. The van der Waals surface area contributed by atoms with E-state index in [9.17, 15) is 13.2 Å². The van der Waals surface area contributed by atoms with Gasteiger partial charge in [0.2, 0.25) is 0 Å². The molecule has 98 valence electrons. The van der Waals surface area contributed by atoms with E-state index >= 15 is 0 Å². The lowest BCUT2D eigenvalue weighted by molar-refractivity contribution is -0.140. The van der Waals surface area contributed by atoms with Crippen molar-refractivity contribution >= 4 is 27.3 Å². The highest BCUT2D eigenvalue weighted by Gasteiger charge is 2.35. The van der Waals surface area contributed by atoms with Crippen molar-refractivity contribution in [1.29, 1.82) is 0 Å². The normalized spacial score (nSPS) is 12.4. The van der Waals surface area contributed by atoms with Crippen molar-refractivity contribution in [2.45, 2.75) is 26.1 Å². The van der Waals surface area contributed by atoms with Crippen molar-refractivity contribution < 1.29 is 13.2 Å². The van der Waals surface area contributed by atoms with Crippen LogP contribution in [-0.2, 0) is 6.18 Å². The van der Waals surface area contributed by atoms with Crippen LogP contribution in [0.1, 0.15) is 25.6 Å². The Labute approximate surface area is 114 Å². The van der Waals surface area contributed by atoms with Gasteiger partial charge in [-0.1, -0.05) is 0 Å². The molecule has 0 bridgehead atoms. The van der Waals surface area contributed by atoms with E-state index in [1.165, 1.54) is 22.1 Å². The summed E-state index contributed by atoms with van der Waals surface area (Å²) in [7, 11) is 0. The minimum atomic E-state index is -4.43. The molecule has 0 N–H and O–H groups in total. The third-order valence-electron chi connectivity index (χ3n) is 2.28. The first kappa shape index (κ1) is 13.5. The van der Waals surface area contributed by atoms with Gasteiger partial charge in [-0.3, -0.25) is 0 Å². The molecule has 2 rings (SSSR count). The lowest BCUT2D eigenvalue weighted by Crippen LogP contribution is -2.05. The van der Waals surface area contributed by atoms with Gasteiger partial charge in [-0.15, -0.1) is 11.3 Å². The van der Waals surface area contributed by atoms with Crippen molar-refractivity contribution in [3.63, 3.8) is 0 Å². The van der Waals surface area contributed by atoms with Crippen LogP contribution in [0.5, 0.6) is 0 Å². The molecular weight excluding hydrogens is 331 g/mol. The fraction of sp³-hybridized carbons (Fsp3) is 0.400. The summed E-state index contributed by atoms with van der Waals surface area (Å²) in [6.45, 7) is 3.61. The Morgan fingerprint density at radius 1 is 1.39 bits per heavy atom. The van der Waals surface area contributed by atoms with Gasteiger partial charge in [0.15, 0.2) is 15.4 Å². The first-order chi connectivity index (χ1) is 8.29. The van der Waals surface area contributed by atoms with E-state index in [1.807, 2.05) is 0 Å². The van der Waals surface area contributed by atoms with Crippen molar-refractivity contribution in [3.05, 3.63) is 22.0 Å². The number of hydrogen-bond donors (Lipinski definition) is 0. The van der Waals surface area contributed by atoms with E-state index in [4.69, 9.17) is 0 Å². The Kier molecular flexibility index (Phi) is 3.50. The number of nitrogens with zero attached hydrogens (tertiary/aromatic N) is 3. The van der Waals surface area contributed by atoms with E-state index in [1.54, 1.807) is 13.8 Å². The summed E-state index contributed by atoms with van der Waals surface area (Å²) < 4.78 is 40.1. The quantitative estimate of drug-likeness (QED) is 0.813. The molecule has 0 aromatic carbocycles. The summed E-state index contributed by atoms with van der Waals surface area (Å²) in [6, 6.07) is -0.107. The lowest BCUT2D eigenvalue weighted by Gasteiger charge is -2.09. The second kappa shape index (κ2) is 4.65. The maximum Gasteiger partial charge on any atom is 0.434 e. The maximum absolute atomic E-state index is 12.7. The zero-order valence-corrected chi connectivity index (χ0v) is 11.9. The predicted octanol–water partition coefficient (Wildman–Crippen LogP) is 4.37. The van der Waals surface area contributed by atoms with Crippen LogP contribution >= 0.6 is 27.3 Å². The smallest absolute Gasteiger partial charge is 0.327 e. The zero-order chi connectivity index (χ0) is 13.5. The van der Waals surface area contributed by atoms with E-state index in [0.717, 1.165) is 6.20 Å². The highest BCUT2D eigenvalue weighted by atomic mass is 79.9. The monoisotopic (exact) mass is 339 g/mol. The van der Waals surface area contributed by atoms with Gasteiger partial charge in [0.05, 0.1) is 11.1 Å². The van der Waals surface area contributed by atoms with E-state index in [0.29, 0.717) is 14.6 Å². The van der Waals surface area contributed by atoms with Gasteiger partial charge in [-0.2, -0.15) is 13.2 Å². The predicted molar refractivity (Wildman–Crippen MR) is 66.4 cm³/mol. The standard InChI is InChI=1S/C10H9BrF3N3S/c1-5(2)17-4-7(10(12,13)14)16-8(17)6-3-15-9(11)18-6/h3-5H,1-2H3. The molecule has 0 aliphatic carbocycles. The molecule has 3 nitrogen and oxygen atoms in total. The van der Waals surface area contributed by atoms with Crippen LogP contribution in [-0.4, -0.2) is 14.5 Å². The number of aromatic nitrogens is 3. The molecule has 0 radical (unpaired) electrons. The van der Waals surface area contributed by atoms with E-state index < -0.39 is 11.9 Å². The molecule has 0 unspecified atom stereocenters. The second-order valence-corrected chi connectivity index (χ2v) is 6.23. The van der Waals surface area contributed by atoms with Crippen LogP contribution in [0.4, 0.5) is 13.2 Å². The molecule has 0 fully saturated rings. The fourth-order valence-electron chi connectivity index (χ4n) is 1.46. The van der Waals surface area contributed by atoms with Gasteiger partial charge in [-0.25, -0.2) is 9.97 Å². The average Bonchev–Trinajstić information content (AvgIpc) is 2.81. The molecular formula is C10H9BrF3N3S. The van der Waals surface area contributed by atoms with Crippen molar-refractivity contribution in [1.82, 2.24) is 14.5 Å². The molecule has 8 heteroatoms. The molecule has 0 saturated heterocycles. The topological polar surface area (TPSA) is 30.7 Å². The van der Waals surface area contributed by atoms with Crippen molar-refractivity contribution in [2.24, 2.45) is 0 Å². The third-order valence-corrected chi connectivity index (χ3v) is 3.75. The van der Waals surface area contributed by atoms with Crippen LogP contribution in [0.25, 0.3) is 10.7 Å². The van der Waals surface area contributed by atoms with Gasteiger partial charge < -0.3 is 4.57 Å². The molecule has 18 heavy (non-hydrogen) atoms. The molecule has 2 heterocycles. The SMILES string of the molecule is CC(C)n1cc(C(F)(F)F)nc1-c1cnc(Br)s1. The molecule has 0 spiro atoms. The first-order valence-corrected chi connectivity index (χ1v) is 6.67. The highest BCUT2D eigenvalue weighted by Crippen LogP contribution is 2.35. The zero-order valence-electron chi connectivity index (χ0n) is 9.49. The summed E-state index contributed by atoms with van der Waals surface area (Å²) in [5.74, 6) is 0.292. The Bertz CT molecular complexity index is 559. The van der Waals surface area contributed by atoms with Crippen molar-refractivity contribution in [3.8, 4) is 10.7 Å². The van der Waals surface area contributed by atoms with Crippen LogP contribution in [0.2, 0.25) is 0 Å². The number of hydrogen-bond acceptors (Lipinski definition) is 3. The number of thiazole rings is 1. The van der Waals surface area contributed by atoms with Crippen LogP contribution in [0.3, 0.4) is 0 Å². The molecule has 2 aromatic rings. The van der Waals surface area contributed by atoms with Crippen LogP contribution in [0.15, 0.2) is 16.3 Å². The molecule has 0 aliphatic rings. The van der Waals surface area contributed by atoms with Gasteiger partial charge in [-0.05, 0) is 29.8 Å². The average molecular weight is 340 g/mol. The van der Waals surface area contributed by atoms with Crippen molar-refractivity contribution in [2.75, 3.05) is 0 Å². The van der Waals surface area contributed by atoms with Gasteiger partial charge >= 0.3 is 6.18 Å². The number of alkyl halides is 3. The Morgan fingerprint density at radius 2 is 2.06 bits per heavy atom. The molecule has 0 amide bonds. The summed E-state index contributed by atoms with van der Waals surface area (Å²) in [5.41, 5.74) is -0.879. The largest absolute Gasteiger partial charge is 0.434 e. The summed E-state index contributed by atoms with van der Waals surface area (Å²) in [5, 5.41) is 0. The highest BCUT2D eigenvalue weighted by molar-refractivity contribution is 9.11. The second-order valence-electron chi connectivity index (χ2n) is 3.93. The Balaban J connectivity index is 2.55. The lowest BCUT2D eigenvalue weighted by atomic mass is 10.3. The van der Waals surface area contributed by atoms with Crippen LogP contribution in [0, 0.1) is 0 Å². The Morgan fingerprint density at radius 3 is 2.50 bits per heavy atom. The minimum Gasteiger partial charge on any atom is -0.327 e. The maximum atomic E-state index is 12.7. The van der Waals surface area contributed by atoms with Gasteiger partial charge in [0.1, 0.15) is 0 Å². The minimum absolute atomic E-state index is 0.107. The molecule has 0 atom stereocenters. The fourth-order valence-corrected chi connectivity index (χ4v) is 2.72. The molecule has 0 saturated carbocycles.